The molecule has 0 unspecified atom stereocenters. The van der Waals surface area contributed by atoms with Crippen LogP contribution in [0.4, 0.5) is 10.1 Å². The van der Waals surface area contributed by atoms with Gasteiger partial charge in [-0.15, -0.1) is 24.0 Å². The first-order valence-corrected chi connectivity index (χ1v) is 11.5. The van der Waals surface area contributed by atoms with Crippen LogP contribution in [0.1, 0.15) is 6.92 Å². The van der Waals surface area contributed by atoms with Crippen molar-refractivity contribution in [3.05, 3.63) is 60.4 Å². The maximum atomic E-state index is 13.8. The summed E-state index contributed by atoms with van der Waals surface area (Å²) >= 11 is 0. The van der Waals surface area contributed by atoms with Gasteiger partial charge >= 0.3 is 0 Å². The molecule has 164 valence electrons. The van der Waals surface area contributed by atoms with Gasteiger partial charge in [0.25, 0.3) is 0 Å². The summed E-state index contributed by atoms with van der Waals surface area (Å²) in [5, 5.41) is 3.23. The van der Waals surface area contributed by atoms with Gasteiger partial charge in [0.2, 0.25) is 0 Å². The standard InChI is InChI=1S/C21H27FN4O2S.HI/c1-2-23-21(24-12-17-29(27,28)20-11-7-6-10-19(20)22)26-15-13-25(14-16-26)18-8-4-3-5-9-18;/h3-11H,2,12-17H2,1H3,(H,23,24);1H. The Kier molecular flexibility index (Phi) is 9.35. The number of piperazine rings is 1. The van der Waals surface area contributed by atoms with E-state index in [9.17, 15) is 12.8 Å². The van der Waals surface area contributed by atoms with Gasteiger partial charge in [0.15, 0.2) is 15.8 Å². The van der Waals surface area contributed by atoms with Gasteiger partial charge < -0.3 is 15.1 Å². The molecule has 1 aliphatic rings. The van der Waals surface area contributed by atoms with Crippen LogP contribution >= 0.6 is 24.0 Å². The SMILES string of the molecule is CCNC(=NCCS(=O)(=O)c1ccccc1F)N1CCN(c2ccccc2)CC1.I. The molecule has 1 aliphatic heterocycles. The summed E-state index contributed by atoms with van der Waals surface area (Å²) in [5.41, 5.74) is 1.20. The number of hydrogen-bond donors (Lipinski definition) is 1. The van der Waals surface area contributed by atoms with Crippen LogP contribution in [-0.4, -0.2) is 64.3 Å². The minimum absolute atomic E-state index is 0. The number of halogens is 2. The molecule has 2 aromatic rings. The van der Waals surface area contributed by atoms with Gasteiger partial charge in [-0.2, -0.15) is 0 Å². The Bertz CT molecular complexity index is 933. The van der Waals surface area contributed by atoms with E-state index in [0.717, 1.165) is 32.2 Å². The van der Waals surface area contributed by atoms with Crippen molar-refractivity contribution >= 4 is 45.5 Å². The number of anilines is 1. The summed E-state index contributed by atoms with van der Waals surface area (Å²) in [6.45, 7) is 6.06. The number of benzene rings is 2. The minimum Gasteiger partial charge on any atom is -0.368 e. The molecule has 2 aromatic carbocycles. The molecule has 1 heterocycles. The van der Waals surface area contributed by atoms with E-state index in [-0.39, 0.29) is 41.2 Å². The Morgan fingerprint density at radius 3 is 2.30 bits per heavy atom. The first kappa shape index (κ1) is 24.4. The molecular weight excluding hydrogens is 518 g/mol. The minimum atomic E-state index is -3.71. The molecule has 0 atom stereocenters. The number of sulfone groups is 1. The molecule has 6 nitrogen and oxygen atoms in total. The molecule has 1 fully saturated rings. The molecule has 0 aromatic heterocycles. The fourth-order valence-electron chi connectivity index (χ4n) is 3.32. The number of nitrogens with one attached hydrogen (secondary N) is 1. The molecule has 0 saturated carbocycles. The zero-order valence-electron chi connectivity index (χ0n) is 17.0. The molecule has 30 heavy (non-hydrogen) atoms. The molecule has 0 bridgehead atoms. The van der Waals surface area contributed by atoms with Crippen molar-refractivity contribution in [2.45, 2.75) is 11.8 Å². The summed E-state index contributed by atoms with van der Waals surface area (Å²) in [5.74, 6) is -0.253. The van der Waals surface area contributed by atoms with E-state index in [1.165, 1.54) is 23.9 Å². The lowest BCUT2D eigenvalue weighted by atomic mass is 10.2. The Hall–Kier alpha value is -1.88. The summed E-state index contributed by atoms with van der Waals surface area (Å²) in [6.07, 6.45) is 0. The Labute approximate surface area is 195 Å². The van der Waals surface area contributed by atoms with E-state index in [1.54, 1.807) is 0 Å². The highest BCUT2D eigenvalue weighted by Crippen LogP contribution is 2.16. The van der Waals surface area contributed by atoms with Gasteiger partial charge in [-0.3, -0.25) is 4.99 Å². The van der Waals surface area contributed by atoms with Crippen molar-refractivity contribution in [3.63, 3.8) is 0 Å². The maximum Gasteiger partial charge on any atom is 0.194 e. The van der Waals surface area contributed by atoms with Crippen molar-refractivity contribution in [3.8, 4) is 0 Å². The average Bonchev–Trinajstić information content (AvgIpc) is 2.74. The number of hydrogen-bond acceptors (Lipinski definition) is 4. The Morgan fingerprint density at radius 2 is 1.67 bits per heavy atom. The van der Waals surface area contributed by atoms with E-state index in [4.69, 9.17) is 0 Å². The summed E-state index contributed by atoms with van der Waals surface area (Å²) in [7, 11) is -3.71. The second kappa shape index (κ2) is 11.5. The molecule has 0 aliphatic carbocycles. The van der Waals surface area contributed by atoms with Gasteiger partial charge in [-0.1, -0.05) is 30.3 Å². The predicted molar refractivity (Wildman–Crippen MR) is 130 cm³/mol. The number of rotatable bonds is 6. The van der Waals surface area contributed by atoms with Gasteiger partial charge in [0.1, 0.15) is 10.7 Å². The van der Waals surface area contributed by atoms with Crippen LogP contribution < -0.4 is 10.2 Å². The van der Waals surface area contributed by atoms with E-state index in [0.29, 0.717) is 12.5 Å². The monoisotopic (exact) mass is 546 g/mol. The third kappa shape index (κ3) is 6.31. The Morgan fingerprint density at radius 1 is 1.03 bits per heavy atom. The summed E-state index contributed by atoms with van der Waals surface area (Å²) in [4.78, 5) is 8.68. The van der Waals surface area contributed by atoms with Crippen molar-refractivity contribution in [1.82, 2.24) is 10.2 Å². The van der Waals surface area contributed by atoms with Crippen LogP contribution in [-0.2, 0) is 9.84 Å². The number of guanidine groups is 1. The van der Waals surface area contributed by atoms with E-state index in [2.05, 4.69) is 32.2 Å². The number of aliphatic imine (C=N–C) groups is 1. The average molecular weight is 546 g/mol. The topological polar surface area (TPSA) is 65.0 Å². The van der Waals surface area contributed by atoms with Crippen molar-refractivity contribution < 1.29 is 12.8 Å². The van der Waals surface area contributed by atoms with Crippen molar-refractivity contribution in [2.24, 2.45) is 4.99 Å². The number of nitrogens with zero attached hydrogens (tertiary/aromatic N) is 3. The molecule has 1 saturated heterocycles. The normalized spacial score (nSPS) is 14.9. The zero-order valence-corrected chi connectivity index (χ0v) is 20.1. The third-order valence-corrected chi connectivity index (χ3v) is 6.55. The molecule has 0 amide bonds. The van der Waals surface area contributed by atoms with Crippen LogP contribution in [0, 0.1) is 5.82 Å². The highest BCUT2D eigenvalue weighted by molar-refractivity contribution is 14.0. The first-order valence-electron chi connectivity index (χ1n) is 9.82. The first-order chi connectivity index (χ1) is 14.0. The molecule has 3 rings (SSSR count). The highest BCUT2D eigenvalue weighted by atomic mass is 127. The zero-order chi connectivity index (χ0) is 20.7. The van der Waals surface area contributed by atoms with Crippen molar-refractivity contribution in [2.75, 3.05) is 49.9 Å². The fourth-order valence-corrected chi connectivity index (χ4v) is 4.52. The molecule has 0 radical (unpaired) electrons. The summed E-state index contributed by atoms with van der Waals surface area (Å²) < 4.78 is 38.7. The predicted octanol–water partition coefficient (Wildman–Crippen LogP) is 3.01. The van der Waals surface area contributed by atoms with Gasteiger partial charge in [0.05, 0.1) is 12.3 Å². The third-order valence-electron chi connectivity index (χ3n) is 4.83. The van der Waals surface area contributed by atoms with Crippen LogP contribution in [0.15, 0.2) is 64.5 Å². The maximum absolute atomic E-state index is 13.8. The number of para-hydroxylation sites is 1. The van der Waals surface area contributed by atoms with Crippen LogP contribution in [0.2, 0.25) is 0 Å². The largest absolute Gasteiger partial charge is 0.368 e. The van der Waals surface area contributed by atoms with E-state index in [1.807, 2.05) is 25.1 Å². The van der Waals surface area contributed by atoms with Gasteiger partial charge in [-0.05, 0) is 31.2 Å². The molecule has 9 heteroatoms. The van der Waals surface area contributed by atoms with Crippen molar-refractivity contribution in [1.29, 1.82) is 0 Å². The lowest BCUT2D eigenvalue weighted by Crippen LogP contribution is -2.52. The smallest absolute Gasteiger partial charge is 0.194 e. The molecule has 1 N–H and O–H groups in total. The lowest BCUT2D eigenvalue weighted by Gasteiger charge is -2.37. The van der Waals surface area contributed by atoms with Crippen LogP contribution in [0.5, 0.6) is 0 Å². The highest BCUT2D eigenvalue weighted by Gasteiger charge is 2.21. The molecule has 0 spiro atoms. The van der Waals surface area contributed by atoms with Gasteiger partial charge in [-0.25, -0.2) is 12.8 Å². The fraction of sp³-hybridized carbons (Fsp3) is 0.381. The van der Waals surface area contributed by atoms with E-state index < -0.39 is 15.7 Å². The van der Waals surface area contributed by atoms with Crippen LogP contribution in [0.3, 0.4) is 0 Å². The lowest BCUT2D eigenvalue weighted by molar-refractivity contribution is 0.373. The quantitative estimate of drug-likeness (QED) is 0.343. The van der Waals surface area contributed by atoms with Gasteiger partial charge in [0, 0.05) is 38.4 Å². The Balaban J connectivity index is 0.00000320. The summed E-state index contributed by atoms with van der Waals surface area (Å²) in [6, 6.07) is 15.7. The second-order valence-corrected chi connectivity index (χ2v) is 8.87. The van der Waals surface area contributed by atoms with E-state index >= 15 is 0 Å². The van der Waals surface area contributed by atoms with Crippen LogP contribution in [0.25, 0.3) is 0 Å². The second-order valence-electron chi connectivity index (χ2n) is 6.79. The molecular formula is C21H28FIN4O2S.